The van der Waals surface area contributed by atoms with E-state index in [-0.39, 0.29) is 5.75 Å². The maximum Gasteiger partial charge on any atom is 0.138 e. The van der Waals surface area contributed by atoms with Crippen molar-refractivity contribution in [2.24, 2.45) is 0 Å². The molecule has 0 aliphatic rings. The van der Waals surface area contributed by atoms with Crippen LogP contribution < -0.4 is 0 Å². The molecular formula is C37H29N3O. The number of phenolic OH excluding ortho intramolecular Hbond substituents is 1. The molecule has 0 spiro atoms. The Morgan fingerprint density at radius 2 is 1.37 bits per heavy atom. The van der Waals surface area contributed by atoms with E-state index in [9.17, 15) is 5.11 Å². The van der Waals surface area contributed by atoms with Gasteiger partial charge in [0.2, 0.25) is 0 Å². The summed E-state index contributed by atoms with van der Waals surface area (Å²) in [5, 5.41) is 13.2. The average Bonchev–Trinajstić information content (AvgIpc) is 3.32. The molecule has 7 rings (SSSR count). The van der Waals surface area contributed by atoms with Crippen molar-refractivity contribution in [1.82, 2.24) is 14.5 Å². The molecule has 3 heterocycles. The van der Waals surface area contributed by atoms with Crippen LogP contribution in [0.3, 0.4) is 0 Å². The summed E-state index contributed by atoms with van der Waals surface area (Å²) in [4.78, 5) is 9.65. The number of rotatable bonds is 4. The smallest absolute Gasteiger partial charge is 0.138 e. The second kappa shape index (κ2) is 9.76. The van der Waals surface area contributed by atoms with E-state index in [4.69, 9.17) is 4.98 Å². The van der Waals surface area contributed by atoms with E-state index in [1.54, 1.807) is 12.3 Å². The summed E-state index contributed by atoms with van der Waals surface area (Å²) in [6.07, 6.45) is 1.79. The minimum Gasteiger partial charge on any atom is -0.507 e. The minimum absolute atomic E-state index is 0.257. The normalized spacial score (nSPS) is 11.4. The lowest BCUT2D eigenvalue weighted by Crippen LogP contribution is -1.99. The number of para-hydroxylation sites is 2. The number of aromatic hydroxyl groups is 1. The number of pyridine rings is 2. The molecule has 3 aromatic heterocycles. The molecule has 198 valence electrons. The molecule has 0 bridgehead atoms. The number of fused-ring (bicyclic) bond motifs is 3. The molecule has 41 heavy (non-hydrogen) atoms. The molecule has 4 heteroatoms. The highest BCUT2D eigenvalue weighted by Crippen LogP contribution is 2.44. The number of benzene rings is 4. The summed E-state index contributed by atoms with van der Waals surface area (Å²) in [5.74, 6) is 1.07. The van der Waals surface area contributed by atoms with Crippen molar-refractivity contribution in [2.45, 2.75) is 20.8 Å². The molecule has 0 fully saturated rings. The van der Waals surface area contributed by atoms with Crippen molar-refractivity contribution in [3.05, 3.63) is 132 Å². The molecular weight excluding hydrogens is 502 g/mol. The van der Waals surface area contributed by atoms with Crippen molar-refractivity contribution in [3.8, 4) is 45.2 Å². The summed E-state index contributed by atoms with van der Waals surface area (Å²) in [7, 11) is 0. The van der Waals surface area contributed by atoms with Crippen LogP contribution in [0.2, 0.25) is 0 Å². The van der Waals surface area contributed by atoms with Gasteiger partial charge >= 0.3 is 0 Å². The fourth-order valence-corrected chi connectivity index (χ4v) is 6.22. The van der Waals surface area contributed by atoms with Crippen LogP contribution in [0.1, 0.15) is 16.7 Å². The Balaban J connectivity index is 1.63. The topological polar surface area (TPSA) is 50.9 Å². The van der Waals surface area contributed by atoms with Crippen LogP contribution in [-0.4, -0.2) is 19.6 Å². The molecule has 4 aromatic carbocycles. The lowest BCUT2D eigenvalue weighted by atomic mass is 9.88. The predicted octanol–water partition coefficient (Wildman–Crippen LogP) is 9.21. The van der Waals surface area contributed by atoms with Crippen LogP contribution in [0.5, 0.6) is 5.75 Å². The van der Waals surface area contributed by atoms with E-state index < -0.39 is 0 Å². The van der Waals surface area contributed by atoms with Gasteiger partial charge in [0.25, 0.3) is 0 Å². The van der Waals surface area contributed by atoms with Crippen LogP contribution in [0.15, 0.2) is 115 Å². The van der Waals surface area contributed by atoms with E-state index in [1.807, 2.05) is 54.6 Å². The molecule has 0 unspecified atom stereocenters. The largest absolute Gasteiger partial charge is 0.507 e. The summed E-state index contributed by atoms with van der Waals surface area (Å²) in [6.45, 7) is 6.51. The molecule has 0 saturated carbocycles. The van der Waals surface area contributed by atoms with E-state index >= 15 is 0 Å². The Morgan fingerprint density at radius 1 is 0.634 bits per heavy atom. The van der Waals surface area contributed by atoms with Crippen molar-refractivity contribution < 1.29 is 5.11 Å². The van der Waals surface area contributed by atoms with Crippen molar-refractivity contribution in [3.63, 3.8) is 0 Å². The van der Waals surface area contributed by atoms with Gasteiger partial charge in [-0.05, 0) is 97.1 Å². The Morgan fingerprint density at radius 3 is 2.15 bits per heavy atom. The Hall–Kier alpha value is -5.22. The predicted molar refractivity (Wildman–Crippen MR) is 169 cm³/mol. The molecule has 1 N–H and O–H groups in total. The maximum absolute atomic E-state index is 10.9. The zero-order valence-corrected chi connectivity index (χ0v) is 23.3. The van der Waals surface area contributed by atoms with Gasteiger partial charge in [0, 0.05) is 22.5 Å². The summed E-state index contributed by atoms with van der Waals surface area (Å²) in [5.41, 5.74) is 11.6. The van der Waals surface area contributed by atoms with Gasteiger partial charge in [0.1, 0.15) is 11.6 Å². The molecule has 0 radical (unpaired) electrons. The Bertz CT molecular complexity index is 2070. The molecule has 0 aliphatic heterocycles. The highest BCUT2D eigenvalue weighted by atomic mass is 16.3. The lowest BCUT2D eigenvalue weighted by Gasteiger charge is -2.16. The zero-order valence-electron chi connectivity index (χ0n) is 23.3. The first-order chi connectivity index (χ1) is 20.0. The molecule has 0 aliphatic carbocycles. The first-order valence-electron chi connectivity index (χ1n) is 13.8. The standard InChI is InChI=1S/C37H29N3O/c1-23-19-24(2)36(25(3)20-23)29-21-26(27-11-5-7-16-34(27)41)22-33-37(29)28-12-4-6-15-32(28)40(33)35-17-10-14-31(39-35)30-13-8-9-18-38-30/h4-22,41H,1-3H3. The summed E-state index contributed by atoms with van der Waals surface area (Å²) < 4.78 is 2.24. The average molecular weight is 532 g/mol. The number of phenols is 1. The van der Waals surface area contributed by atoms with Gasteiger partial charge in [-0.25, -0.2) is 4.98 Å². The first kappa shape index (κ1) is 24.8. The maximum atomic E-state index is 10.9. The number of hydrogen-bond acceptors (Lipinski definition) is 3. The lowest BCUT2D eigenvalue weighted by molar-refractivity contribution is 0.477. The van der Waals surface area contributed by atoms with Crippen LogP contribution in [-0.2, 0) is 0 Å². The van der Waals surface area contributed by atoms with Crippen molar-refractivity contribution in [2.75, 3.05) is 0 Å². The second-order valence-electron chi connectivity index (χ2n) is 10.7. The fourth-order valence-electron chi connectivity index (χ4n) is 6.22. The number of nitrogens with zero attached hydrogens (tertiary/aromatic N) is 3. The highest BCUT2D eigenvalue weighted by molar-refractivity contribution is 6.17. The SMILES string of the molecule is Cc1cc(C)c(-c2cc(-c3ccccc3O)cc3c2c2ccccc2n3-c2cccc(-c3ccccn3)n2)c(C)c1. The highest BCUT2D eigenvalue weighted by Gasteiger charge is 2.21. The first-order valence-corrected chi connectivity index (χ1v) is 13.8. The van der Waals surface area contributed by atoms with Gasteiger partial charge in [-0.3, -0.25) is 9.55 Å². The van der Waals surface area contributed by atoms with Gasteiger partial charge in [0.15, 0.2) is 0 Å². The van der Waals surface area contributed by atoms with Crippen LogP contribution in [0, 0.1) is 20.8 Å². The Labute approximate surface area is 239 Å². The summed E-state index contributed by atoms with van der Waals surface area (Å²) in [6, 6.07) is 36.9. The van der Waals surface area contributed by atoms with E-state index in [0.717, 1.165) is 50.3 Å². The van der Waals surface area contributed by atoms with Crippen LogP contribution >= 0.6 is 0 Å². The third-order valence-corrected chi connectivity index (χ3v) is 7.82. The second-order valence-corrected chi connectivity index (χ2v) is 10.7. The van der Waals surface area contributed by atoms with Gasteiger partial charge in [-0.1, -0.05) is 66.2 Å². The quantitative estimate of drug-likeness (QED) is 0.246. The number of aryl methyl sites for hydroxylation is 3. The molecule has 0 amide bonds. The van der Waals surface area contributed by atoms with Crippen LogP contribution in [0.25, 0.3) is 61.3 Å². The van der Waals surface area contributed by atoms with Crippen LogP contribution in [0.4, 0.5) is 0 Å². The van der Waals surface area contributed by atoms with Gasteiger partial charge in [-0.15, -0.1) is 0 Å². The zero-order chi connectivity index (χ0) is 28.1. The van der Waals surface area contributed by atoms with Crippen molar-refractivity contribution >= 4 is 21.8 Å². The molecule has 7 aromatic rings. The third kappa shape index (κ3) is 4.16. The number of aromatic nitrogens is 3. The fraction of sp³-hybridized carbons (Fsp3) is 0.0811. The van der Waals surface area contributed by atoms with E-state index in [1.165, 1.54) is 27.6 Å². The van der Waals surface area contributed by atoms with Gasteiger partial charge < -0.3 is 5.11 Å². The van der Waals surface area contributed by atoms with Gasteiger partial charge in [0.05, 0.1) is 22.4 Å². The van der Waals surface area contributed by atoms with E-state index in [0.29, 0.717) is 0 Å². The minimum atomic E-state index is 0.257. The molecule has 0 atom stereocenters. The monoisotopic (exact) mass is 531 g/mol. The Kier molecular flexibility index (Phi) is 5.90. The number of hydrogen-bond donors (Lipinski definition) is 1. The molecule has 4 nitrogen and oxygen atoms in total. The molecule has 0 saturated heterocycles. The van der Waals surface area contributed by atoms with Crippen molar-refractivity contribution in [1.29, 1.82) is 0 Å². The van der Waals surface area contributed by atoms with E-state index in [2.05, 4.69) is 78.9 Å². The van der Waals surface area contributed by atoms with Gasteiger partial charge in [-0.2, -0.15) is 0 Å². The summed E-state index contributed by atoms with van der Waals surface area (Å²) >= 11 is 0. The third-order valence-electron chi connectivity index (χ3n) is 7.82.